The molecule has 1 saturated heterocycles. The molecule has 2 fully saturated rings. The Bertz CT molecular complexity index is 251. The monoisotopic (exact) mass is 270 g/mol. The number of nitrogens with zero attached hydrogens (tertiary/aromatic N) is 1. The average Bonchev–Trinajstić information content (AvgIpc) is 3.21. The van der Waals surface area contributed by atoms with E-state index in [9.17, 15) is 5.11 Å². The second kappa shape index (κ2) is 7.58. The number of aliphatic hydroxyl groups is 1. The fourth-order valence-electron chi connectivity index (χ4n) is 2.84. The summed E-state index contributed by atoms with van der Waals surface area (Å²) in [5.41, 5.74) is 0. The van der Waals surface area contributed by atoms with Crippen molar-refractivity contribution < 1.29 is 9.84 Å². The molecule has 0 radical (unpaired) electrons. The van der Waals surface area contributed by atoms with Crippen molar-refractivity contribution in [1.29, 1.82) is 0 Å². The Labute approximate surface area is 117 Å². The molecule has 0 spiro atoms. The molecule has 0 amide bonds. The van der Waals surface area contributed by atoms with E-state index in [1.807, 2.05) is 13.8 Å². The van der Waals surface area contributed by atoms with Gasteiger partial charge in [0.25, 0.3) is 0 Å². The lowest BCUT2D eigenvalue weighted by Gasteiger charge is -2.31. The van der Waals surface area contributed by atoms with Crippen molar-refractivity contribution in [3.63, 3.8) is 0 Å². The number of nitrogens with one attached hydrogen (secondary N) is 1. The van der Waals surface area contributed by atoms with Crippen LogP contribution in [0.3, 0.4) is 0 Å². The summed E-state index contributed by atoms with van der Waals surface area (Å²) >= 11 is 0. The first-order chi connectivity index (χ1) is 9.15. The summed E-state index contributed by atoms with van der Waals surface area (Å²) in [6, 6.07) is 0.726. The number of hydrogen-bond acceptors (Lipinski definition) is 4. The summed E-state index contributed by atoms with van der Waals surface area (Å²) in [5.74, 6) is 0.806. The van der Waals surface area contributed by atoms with Crippen LogP contribution in [0.5, 0.6) is 0 Å². The Kier molecular flexibility index (Phi) is 6.07. The number of piperidine rings is 1. The van der Waals surface area contributed by atoms with E-state index in [0.717, 1.165) is 38.1 Å². The van der Waals surface area contributed by atoms with E-state index < -0.39 is 0 Å². The van der Waals surface area contributed by atoms with Gasteiger partial charge in [0.15, 0.2) is 0 Å². The van der Waals surface area contributed by atoms with Crippen LogP contribution >= 0.6 is 0 Å². The lowest BCUT2D eigenvalue weighted by atomic mass is 9.97. The fraction of sp³-hybridized carbons (Fsp3) is 1.00. The summed E-state index contributed by atoms with van der Waals surface area (Å²) in [4.78, 5) is 2.50. The van der Waals surface area contributed by atoms with E-state index in [2.05, 4.69) is 10.2 Å². The second-order valence-electron chi connectivity index (χ2n) is 6.41. The molecular formula is C15H30N2O2. The molecule has 19 heavy (non-hydrogen) atoms. The zero-order chi connectivity index (χ0) is 13.7. The van der Waals surface area contributed by atoms with Crippen molar-refractivity contribution in [3.05, 3.63) is 0 Å². The maximum Gasteiger partial charge on any atom is 0.0900 e. The lowest BCUT2D eigenvalue weighted by Crippen LogP contribution is -2.42. The molecule has 0 bridgehead atoms. The van der Waals surface area contributed by atoms with E-state index in [-0.39, 0.29) is 12.2 Å². The van der Waals surface area contributed by atoms with E-state index in [1.165, 1.54) is 25.7 Å². The molecule has 4 heteroatoms. The van der Waals surface area contributed by atoms with Crippen molar-refractivity contribution in [2.75, 3.05) is 32.8 Å². The van der Waals surface area contributed by atoms with Crippen LogP contribution in [-0.4, -0.2) is 61.0 Å². The predicted molar refractivity (Wildman–Crippen MR) is 77.3 cm³/mol. The van der Waals surface area contributed by atoms with Gasteiger partial charge >= 0.3 is 0 Å². The first-order valence-electron chi connectivity index (χ1n) is 7.89. The first-order valence-corrected chi connectivity index (χ1v) is 7.89. The maximum absolute atomic E-state index is 10.1. The van der Waals surface area contributed by atoms with Crippen molar-refractivity contribution in [3.8, 4) is 0 Å². The molecule has 0 aromatic carbocycles. The molecule has 1 aliphatic carbocycles. The van der Waals surface area contributed by atoms with Gasteiger partial charge in [0.2, 0.25) is 0 Å². The van der Waals surface area contributed by atoms with E-state index in [1.54, 1.807) is 0 Å². The number of hydrogen-bond donors (Lipinski definition) is 2. The number of rotatable bonds is 8. The second-order valence-corrected chi connectivity index (χ2v) is 6.41. The number of ether oxygens (including phenoxy) is 1. The van der Waals surface area contributed by atoms with Crippen molar-refractivity contribution in [2.24, 2.45) is 5.92 Å². The highest BCUT2D eigenvalue weighted by atomic mass is 16.5. The van der Waals surface area contributed by atoms with Crippen LogP contribution in [-0.2, 0) is 4.74 Å². The molecule has 0 aromatic rings. The van der Waals surface area contributed by atoms with Gasteiger partial charge in [0.1, 0.15) is 0 Å². The molecule has 0 aromatic heterocycles. The van der Waals surface area contributed by atoms with Gasteiger partial charge in [-0.05, 0) is 58.5 Å². The van der Waals surface area contributed by atoms with Crippen molar-refractivity contribution >= 4 is 0 Å². The molecule has 1 aliphatic heterocycles. The van der Waals surface area contributed by atoms with Crippen LogP contribution in [0.15, 0.2) is 0 Å². The third-order valence-corrected chi connectivity index (χ3v) is 4.08. The van der Waals surface area contributed by atoms with Crippen LogP contribution in [0.2, 0.25) is 0 Å². The molecule has 2 N–H and O–H groups in total. The molecule has 4 nitrogen and oxygen atoms in total. The summed E-state index contributed by atoms with van der Waals surface area (Å²) in [7, 11) is 0. The molecule has 2 rings (SSSR count). The molecule has 2 aliphatic rings. The van der Waals surface area contributed by atoms with Crippen LogP contribution in [0.25, 0.3) is 0 Å². The smallest absolute Gasteiger partial charge is 0.0900 e. The minimum Gasteiger partial charge on any atom is -0.389 e. The van der Waals surface area contributed by atoms with E-state index in [4.69, 9.17) is 4.74 Å². The van der Waals surface area contributed by atoms with Gasteiger partial charge < -0.3 is 15.2 Å². The standard InChI is InChI=1S/C15H30N2O2/c1-12(2)19-11-15(18)10-17(14-3-4-14)9-13-5-7-16-8-6-13/h12-16,18H,3-11H2,1-2H3. The molecular weight excluding hydrogens is 240 g/mol. The Morgan fingerprint density at radius 1 is 1.21 bits per heavy atom. The van der Waals surface area contributed by atoms with Crippen molar-refractivity contribution in [2.45, 2.75) is 57.8 Å². The maximum atomic E-state index is 10.1. The highest BCUT2D eigenvalue weighted by Crippen LogP contribution is 2.29. The van der Waals surface area contributed by atoms with Gasteiger partial charge in [0, 0.05) is 19.1 Å². The van der Waals surface area contributed by atoms with Gasteiger partial charge in [-0.15, -0.1) is 0 Å². The van der Waals surface area contributed by atoms with E-state index in [0.29, 0.717) is 6.61 Å². The third-order valence-electron chi connectivity index (χ3n) is 4.08. The molecule has 112 valence electrons. The summed E-state index contributed by atoms with van der Waals surface area (Å²) < 4.78 is 5.51. The predicted octanol–water partition coefficient (Wildman–Crippen LogP) is 1.24. The van der Waals surface area contributed by atoms with Crippen LogP contribution in [0.4, 0.5) is 0 Å². The third kappa shape index (κ3) is 5.78. The Morgan fingerprint density at radius 3 is 2.47 bits per heavy atom. The normalized spacial score (nSPS) is 23.2. The fourth-order valence-corrected chi connectivity index (χ4v) is 2.84. The Hall–Kier alpha value is -0.160. The molecule has 1 heterocycles. The summed E-state index contributed by atoms with van der Waals surface area (Å²) in [6.45, 7) is 8.74. The number of aliphatic hydroxyl groups excluding tert-OH is 1. The summed E-state index contributed by atoms with van der Waals surface area (Å²) in [5, 5.41) is 13.5. The lowest BCUT2D eigenvalue weighted by molar-refractivity contribution is -0.0119. The minimum atomic E-state index is -0.343. The van der Waals surface area contributed by atoms with E-state index >= 15 is 0 Å². The van der Waals surface area contributed by atoms with Gasteiger partial charge in [-0.3, -0.25) is 4.90 Å². The largest absolute Gasteiger partial charge is 0.389 e. The van der Waals surface area contributed by atoms with Gasteiger partial charge in [0.05, 0.1) is 18.8 Å². The SMILES string of the molecule is CC(C)OCC(O)CN(CC1CCNCC1)C1CC1. The average molecular weight is 270 g/mol. The Balaban J connectivity index is 1.72. The van der Waals surface area contributed by atoms with Crippen LogP contribution < -0.4 is 5.32 Å². The molecule has 1 saturated carbocycles. The van der Waals surface area contributed by atoms with Gasteiger partial charge in [-0.2, -0.15) is 0 Å². The van der Waals surface area contributed by atoms with Gasteiger partial charge in [-0.1, -0.05) is 0 Å². The van der Waals surface area contributed by atoms with Crippen molar-refractivity contribution in [1.82, 2.24) is 10.2 Å². The zero-order valence-electron chi connectivity index (χ0n) is 12.5. The Morgan fingerprint density at radius 2 is 1.89 bits per heavy atom. The summed E-state index contributed by atoms with van der Waals surface area (Å²) in [6.07, 6.45) is 5.04. The zero-order valence-corrected chi connectivity index (χ0v) is 12.5. The highest BCUT2D eigenvalue weighted by Gasteiger charge is 2.32. The molecule has 1 unspecified atom stereocenters. The topological polar surface area (TPSA) is 44.7 Å². The quantitative estimate of drug-likeness (QED) is 0.696. The van der Waals surface area contributed by atoms with Gasteiger partial charge in [-0.25, -0.2) is 0 Å². The highest BCUT2D eigenvalue weighted by molar-refractivity contribution is 4.87. The molecule has 1 atom stereocenters. The minimum absolute atomic E-state index is 0.202. The first kappa shape index (κ1) is 15.2. The van der Waals surface area contributed by atoms with Crippen LogP contribution in [0.1, 0.15) is 39.5 Å². The van der Waals surface area contributed by atoms with Crippen LogP contribution in [0, 0.1) is 5.92 Å².